The number of carbonyl (C=O) groups is 2. The standard InChI is InChI=1S/C13H23N3O3/c1-2-9(4-3-5-11(14)13(18)19)7-15-10-6-12(17)16-8-10/h9-10,14-15H,2-8H2,1H3,(H,16,17)(H,18,19). The number of hydrogen-bond acceptors (Lipinski definition) is 4. The van der Waals surface area contributed by atoms with Gasteiger partial charge < -0.3 is 15.7 Å². The van der Waals surface area contributed by atoms with Crippen LogP contribution in [0.4, 0.5) is 0 Å². The second-order valence-electron chi connectivity index (χ2n) is 5.06. The first-order valence-corrected chi connectivity index (χ1v) is 6.83. The average Bonchev–Trinajstić information content (AvgIpc) is 2.79. The number of carboxylic acids is 1. The van der Waals surface area contributed by atoms with Crippen molar-refractivity contribution in [1.29, 1.82) is 5.41 Å². The lowest BCUT2D eigenvalue weighted by Crippen LogP contribution is -2.34. The number of rotatable bonds is 9. The van der Waals surface area contributed by atoms with Gasteiger partial charge in [0.05, 0.1) is 0 Å². The minimum Gasteiger partial charge on any atom is -0.477 e. The summed E-state index contributed by atoms with van der Waals surface area (Å²) in [7, 11) is 0. The first kappa shape index (κ1) is 15.6. The van der Waals surface area contributed by atoms with Gasteiger partial charge in [-0.15, -0.1) is 0 Å². The van der Waals surface area contributed by atoms with E-state index in [1.165, 1.54) is 0 Å². The van der Waals surface area contributed by atoms with Crippen molar-refractivity contribution in [2.75, 3.05) is 13.1 Å². The van der Waals surface area contributed by atoms with Crippen LogP contribution in [0, 0.1) is 11.3 Å². The number of carbonyl (C=O) groups excluding carboxylic acids is 1. The maximum absolute atomic E-state index is 11.0. The lowest BCUT2D eigenvalue weighted by atomic mass is 9.97. The molecule has 6 nitrogen and oxygen atoms in total. The Morgan fingerprint density at radius 1 is 1.63 bits per heavy atom. The molecule has 6 heteroatoms. The molecule has 0 saturated carbocycles. The zero-order chi connectivity index (χ0) is 14.3. The third-order valence-corrected chi connectivity index (χ3v) is 3.55. The highest BCUT2D eigenvalue weighted by atomic mass is 16.4. The van der Waals surface area contributed by atoms with Crippen molar-refractivity contribution in [1.82, 2.24) is 10.6 Å². The quantitative estimate of drug-likeness (QED) is 0.464. The van der Waals surface area contributed by atoms with Crippen molar-refractivity contribution in [3.05, 3.63) is 0 Å². The molecule has 1 rings (SSSR count). The van der Waals surface area contributed by atoms with E-state index >= 15 is 0 Å². The summed E-state index contributed by atoms with van der Waals surface area (Å²) in [6, 6.07) is 0.221. The molecule has 1 aliphatic heterocycles. The van der Waals surface area contributed by atoms with Gasteiger partial charge in [0.2, 0.25) is 5.91 Å². The second-order valence-corrected chi connectivity index (χ2v) is 5.06. The molecule has 0 spiro atoms. The highest BCUT2D eigenvalue weighted by Crippen LogP contribution is 2.13. The molecule has 1 amide bonds. The number of hydrogen-bond donors (Lipinski definition) is 4. The van der Waals surface area contributed by atoms with Gasteiger partial charge in [0, 0.05) is 19.0 Å². The fourth-order valence-corrected chi connectivity index (χ4v) is 2.21. The van der Waals surface area contributed by atoms with Crippen LogP contribution in [-0.4, -0.2) is 41.8 Å². The Labute approximate surface area is 113 Å². The third-order valence-electron chi connectivity index (χ3n) is 3.55. The Bertz CT molecular complexity index is 344. The van der Waals surface area contributed by atoms with Crippen molar-refractivity contribution in [2.24, 2.45) is 5.92 Å². The molecule has 1 aliphatic rings. The molecule has 19 heavy (non-hydrogen) atoms. The molecule has 0 radical (unpaired) electrons. The van der Waals surface area contributed by atoms with Crippen molar-refractivity contribution in [3.8, 4) is 0 Å². The van der Waals surface area contributed by atoms with Gasteiger partial charge in [-0.1, -0.05) is 13.3 Å². The van der Waals surface area contributed by atoms with Crippen molar-refractivity contribution < 1.29 is 14.7 Å². The maximum Gasteiger partial charge on any atom is 0.349 e. The normalized spacial score (nSPS) is 20.1. The van der Waals surface area contributed by atoms with Crippen molar-refractivity contribution in [3.63, 3.8) is 0 Å². The van der Waals surface area contributed by atoms with Crippen molar-refractivity contribution >= 4 is 17.6 Å². The fraction of sp³-hybridized carbons (Fsp3) is 0.769. The van der Waals surface area contributed by atoms with Gasteiger partial charge in [-0.3, -0.25) is 10.2 Å². The highest BCUT2D eigenvalue weighted by Gasteiger charge is 2.21. The molecule has 1 heterocycles. The van der Waals surface area contributed by atoms with E-state index in [4.69, 9.17) is 10.5 Å². The first-order chi connectivity index (χ1) is 9.02. The van der Waals surface area contributed by atoms with Gasteiger partial charge in [0.15, 0.2) is 0 Å². The predicted octanol–water partition coefficient (Wildman–Crippen LogP) is 0.765. The van der Waals surface area contributed by atoms with Crippen LogP contribution in [0.2, 0.25) is 0 Å². The average molecular weight is 269 g/mol. The van der Waals surface area contributed by atoms with Gasteiger partial charge in [-0.05, 0) is 31.7 Å². The van der Waals surface area contributed by atoms with Gasteiger partial charge in [-0.25, -0.2) is 4.79 Å². The van der Waals surface area contributed by atoms with Crippen molar-refractivity contribution in [2.45, 2.75) is 45.1 Å². The Hall–Kier alpha value is -1.43. The molecule has 108 valence electrons. The molecule has 1 saturated heterocycles. The van der Waals surface area contributed by atoms with Crippen LogP contribution in [0.15, 0.2) is 0 Å². The molecule has 2 unspecified atom stereocenters. The van der Waals surface area contributed by atoms with Gasteiger partial charge in [0.25, 0.3) is 0 Å². The third kappa shape index (κ3) is 5.83. The molecule has 2 atom stereocenters. The van der Waals surface area contributed by atoms with E-state index in [1.54, 1.807) is 0 Å². The first-order valence-electron chi connectivity index (χ1n) is 6.83. The van der Waals surface area contributed by atoms with E-state index < -0.39 is 5.97 Å². The molecular weight excluding hydrogens is 246 g/mol. The van der Waals surface area contributed by atoms with E-state index in [0.717, 1.165) is 25.8 Å². The van der Waals surface area contributed by atoms with Crippen LogP contribution in [0.1, 0.15) is 39.0 Å². The summed E-state index contributed by atoms with van der Waals surface area (Å²) < 4.78 is 0. The number of nitrogens with one attached hydrogen (secondary N) is 3. The second kappa shape index (κ2) is 7.89. The van der Waals surface area contributed by atoms with Gasteiger partial charge in [0.1, 0.15) is 5.71 Å². The van der Waals surface area contributed by atoms with Gasteiger partial charge in [-0.2, -0.15) is 0 Å². The lowest BCUT2D eigenvalue weighted by molar-refractivity contribution is -0.129. The summed E-state index contributed by atoms with van der Waals surface area (Å²) in [5.41, 5.74) is -0.214. The summed E-state index contributed by atoms with van der Waals surface area (Å²) in [6.45, 7) is 3.64. The van der Waals surface area contributed by atoms with Crippen LogP contribution in [0.3, 0.4) is 0 Å². The largest absolute Gasteiger partial charge is 0.477 e. The Kier molecular flexibility index (Phi) is 6.49. The minimum absolute atomic E-state index is 0.0976. The maximum atomic E-state index is 11.0. The Morgan fingerprint density at radius 2 is 2.37 bits per heavy atom. The summed E-state index contributed by atoms with van der Waals surface area (Å²) >= 11 is 0. The molecule has 0 aromatic carbocycles. The smallest absolute Gasteiger partial charge is 0.349 e. The SMILES string of the molecule is CCC(CCCC(=N)C(=O)O)CNC1CNC(=O)C1. The highest BCUT2D eigenvalue weighted by molar-refractivity contribution is 6.34. The number of amides is 1. The molecule has 4 N–H and O–H groups in total. The molecule has 0 bridgehead atoms. The minimum atomic E-state index is -1.12. The van der Waals surface area contributed by atoms with E-state index in [9.17, 15) is 9.59 Å². The zero-order valence-electron chi connectivity index (χ0n) is 11.4. The van der Waals surface area contributed by atoms with E-state index in [0.29, 0.717) is 25.3 Å². The summed E-state index contributed by atoms with van der Waals surface area (Å²) in [5.74, 6) is -0.556. The molecular formula is C13H23N3O3. The number of carboxylic acid groups (broad SMARTS) is 1. The summed E-state index contributed by atoms with van der Waals surface area (Å²) in [5, 5.41) is 22.0. The van der Waals surface area contributed by atoms with Crippen LogP contribution < -0.4 is 10.6 Å². The van der Waals surface area contributed by atoms with Crippen LogP contribution in [0.25, 0.3) is 0 Å². The molecule has 1 fully saturated rings. The summed E-state index contributed by atoms with van der Waals surface area (Å²) in [4.78, 5) is 21.5. The van der Waals surface area contributed by atoms with E-state index in [2.05, 4.69) is 17.6 Å². The lowest BCUT2D eigenvalue weighted by Gasteiger charge is -2.18. The van der Waals surface area contributed by atoms with E-state index in [1.807, 2.05) is 0 Å². The zero-order valence-corrected chi connectivity index (χ0v) is 11.4. The summed E-state index contributed by atoms with van der Waals surface area (Å²) in [6.07, 6.45) is 3.53. The number of aliphatic carboxylic acids is 1. The van der Waals surface area contributed by atoms with E-state index in [-0.39, 0.29) is 17.7 Å². The Morgan fingerprint density at radius 3 is 2.89 bits per heavy atom. The van der Waals surface area contributed by atoms with Crippen LogP contribution >= 0.6 is 0 Å². The fourth-order valence-electron chi connectivity index (χ4n) is 2.21. The molecule has 0 aromatic heterocycles. The topological polar surface area (TPSA) is 102 Å². The molecule has 0 aliphatic carbocycles. The Balaban J connectivity index is 2.17. The molecule has 0 aromatic rings. The van der Waals surface area contributed by atoms with Crippen LogP contribution in [-0.2, 0) is 9.59 Å². The monoisotopic (exact) mass is 269 g/mol. The van der Waals surface area contributed by atoms with Gasteiger partial charge >= 0.3 is 5.97 Å². The van der Waals surface area contributed by atoms with Crippen LogP contribution in [0.5, 0.6) is 0 Å². The predicted molar refractivity (Wildman–Crippen MR) is 72.4 cm³/mol.